The number of amides is 18. The van der Waals surface area contributed by atoms with Crippen molar-refractivity contribution in [1.82, 2.24) is 74.4 Å². The van der Waals surface area contributed by atoms with Gasteiger partial charge in [0.05, 0.1) is 0 Å². The van der Waals surface area contributed by atoms with Gasteiger partial charge >= 0.3 is 11.9 Å². The molecule has 0 bridgehead atoms. The first-order valence-electron chi connectivity index (χ1n) is 43.7. The average Bonchev–Trinajstić information content (AvgIpc) is 0.983. The number of carbonyl (C=O) groups excluding carboxylic acids is 19. The Balaban J connectivity index is 4.23. The molecule has 1 aliphatic heterocycles. The Bertz CT molecular complexity index is 3590. The number of ether oxygens (including phenoxy) is 1. The Morgan fingerprint density at radius 2 is 0.734 bits per heavy atom. The lowest BCUT2D eigenvalue weighted by Gasteiger charge is -2.30. The Morgan fingerprint density at radius 3 is 1.13 bits per heavy atom. The van der Waals surface area contributed by atoms with E-state index >= 15 is 9.59 Å². The fourth-order valence-electron chi connectivity index (χ4n) is 13.4. The third kappa shape index (κ3) is 44.6. The maximum Gasteiger partial charge on any atom is 0.329 e. The molecule has 1 saturated heterocycles. The number of rotatable bonds is 50. The summed E-state index contributed by atoms with van der Waals surface area (Å²) in [5, 5.41) is 45.7. The molecule has 1 rings (SSSR count). The first-order valence-corrected chi connectivity index (χ1v) is 43.7. The van der Waals surface area contributed by atoms with Crippen LogP contribution in [0.3, 0.4) is 0 Å². The van der Waals surface area contributed by atoms with Crippen LogP contribution in [-0.4, -0.2) is 215 Å². The number of nitrogens with two attached hydrogens (primary N) is 4. The molecular weight excluding hydrogens is 1610 g/mol. The summed E-state index contributed by atoms with van der Waals surface area (Å²) in [6, 6.07) is -22.6. The molecule has 0 spiro atoms. The SMILES string of the molecule is CCCCCCCCCC(=O)N[C@@H](CC(C)C)C(=O)N[C@H](CCC(=O)O)C(=O)N[C@H](CCC(N)=O)C(=O)N[C@@H](C(=O)N[C@H](CC(C)C)C(=O)N[C@@H](CCC(N)=O)C(=O)N[C@@H]1COC(=O)[C@H]([C@@H](C)CC)NC(=O)[C@@H](CCC(N)=O)NC(=O)[C@H](CC(C)C)NC(=O)[C@H](CC(C)C)NC(=O)[C@H](CCC(N)=O)NC(=O)[C@@H](CC(C)C)NC(=O)[C@@H](C(C)C)NC1=O)C(C)C. The molecule has 1 heterocycles. The number of esters is 1. The van der Waals surface area contributed by atoms with E-state index < -0.39 is 297 Å². The minimum atomic E-state index is -2.10. The molecule has 704 valence electrons. The second-order valence-corrected chi connectivity index (χ2v) is 35.2. The van der Waals surface area contributed by atoms with Crippen LogP contribution in [0.25, 0.3) is 0 Å². The minimum Gasteiger partial charge on any atom is -0.481 e. The predicted molar refractivity (Wildman–Crippen MR) is 458 cm³/mol. The van der Waals surface area contributed by atoms with Crippen molar-refractivity contribution in [3.63, 3.8) is 0 Å². The van der Waals surface area contributed by atoms with Gasteiger partial charge in [0.15, 0.2) is 0 Å². The van der Waals surface area contributed by atoms with Crippen LogP contribution >= 0.6 is 0 Å². The van der Waals surface area contributed by atoms with Crippen LogP contribution in [0, 0.1) is 47.3 Å². The van der Waals surface area contributed by atoms with Gasteiger partial charge in [-0.2, -0.15) is 0 Å². The maximum absolute atomic E-state index is 15.1. The summed E-state index contributed by atoms with van der Waals surface area (Å²) in [4.78, 5) is 280. The molecule has 40 heteroatoms. The second-order valence-electron chi connectivity index (χ2n) is 35.2. The van der Waals surface area contributed by atoms with Crippen molar-refractivity contribution in [2.45, 2.75) is 356 Å². The molecule has 1 fully saturated rings. The van der Waals surface area contributed by atoms with E-state index in [-0.39, 0.29) is 68.6 Å². The highest BCUT2D eigenvalue weighted by molar-refractivity contribution is 6.01. The third-order valence-corrected chi connectivity index (χ3v) is 20.5. The number of cyclic esters (lactones) is 1. The number of carboxylic acids is 1. The summed E-state index contributed by atoms with van der Waals surface area (Å²) in [5.74, 6) is -24.5. The number of hydrogen-bond acceptors (Lipinski definition) is 21. The fraction of sp³-hybridized carbons (Fsp3) is 0.762. The van der Waals surface area contributed by atoms with E-state index in [2.05, 4.69) is 81.4 Å². The molecule has 23 N–H and O–H groups in total. The van der Waals surface area contributed by atoms with E-state index in [1.54, 1.807) is 76.2 Å². The molecule has 40 nitrogen and oxygen atoms in total. The van der Waals surface area contributed by atoms with Gasteiger partial charge in [-0.05, 0) is 118 Å². The zero-order valence-electron chi connectivity index (χ0n) is 75.7. The van der Waals surface area contributed by atoms with E-state index in [0.29, 0.717) is 6.42 Å². The van der Waals surface area contributed by atoms with Gasteiger partial charge in [-0.3, -0.25) is 91.1 Å². The number of carboxylic acid groups (broad SMARTS) is 1. The molecule has 1 aliphatic rings. The summed E-state index contributed by atoms with van der Waals surface area (Å²) in [5.41, 5.74) is 22.2. The van der Waals surface area contributed by atoms with E-state index in [9.17, 15) is 91.4 Å². The van der Waals surface area contributed by atoms with Crippen molar-refractivity contribution in [2.24, 2.45) is 70.3 Å². The highest BCUT2D eigenvalue weighted by Crippen LogP contribution is 2.19. The standard InChI is InChI=1S/C84H146N18O22/c1-18-20-21-22-23-24-25-26-66(107)89-56(37-43(3)4)76(115)94-55(31-36-67(108)109)71(110)90-53(29-34-64(87)105)74(113)100-68(48(13)14)82(121)97-60(41-47(11)12)79(118)92-52(28-33-63(86)104)73(112)99-61-42-124-84(123)70(50(17)19-2)102-75(114)54(30-35-65(88)106)93-77(116)57(38-44(5)6)96-80(119)58(39-45(7)8)95-72(111)51(27-32-62(85)103)91-78(117)59(40-46(9)10)98-83(122)69(49(15)16)101-81(61)120/h43-61,68-70H,18-42H2,1-17H3,(H2,85,103)(H2,86,104)(H2,87,105)(H2,88,106)(H,89,107)(H,90,110)(H,91,117)(H,92,118)(H,93,116)(H,94,115)(H,95,111)(H,96,119)(H,97,121)(H,98,122)(H,99,112)(H,100,113)(H,101,120)(H,102,114)(H,108,109)/t50-,51-,52-,53+,54+,55+,56-,57-,58-,59+,60+,61+,68+,69+,70-/m0/s1. The zero-order valence-corrected chi connectivity index (χ0v) is 75.7. The van der Waals surface area contributed by atoms with Crippen molar-refractivity contribution in [1.29, 1.82) is 0 Å². The summed E-state index contributed by atoms with van der Waals surface area (Å²) in [7, 11) is 0. The van der Waals surface area contributed by atoms with Crippen LogP contribution in [0.1, 0.15) is 272 Å². The highest BCUT2D eigenvalue weighted by Gasteiger charge is 2.41. The molecule has 15 atom stereocenters. The Morgan fingerprint density at radius 1 is 0.379 bits per heavy atom. The fourth-order valence-corrected chi connectivity index (χ4v) is 13.4. The Labute approximate surface area is 728 Å². The van der Waals surface area contributed by atoms with Gasteiger partial charge in [-0.25, -0.2) is 4.79 Å². The molecule has 0 unspecified atom stereocenters. The van der Waals surface area contributed by atoms with Gasteiger partial charge in [0.2, 0.25) is 106 Å². The lowest BCUT2D eigenvalue weighted by Crippen LogP contribution is -2.62. The first kappa shape index (κ1) is 111. The van der Waals surface area contributed by atoms with E-state index in [0.717, 1.165) is 38.5 Å². The van der Waals surface area contributed by atoms with E-state index in [4.69, 9.17) is 27.7 Å². The number of carbonyl (C=O) groups is 20. The Hall–Kier alpha value is -10.6. The largest absolute Gasteiger partial charge is 0.481 e. The number of unbranched alkanes of at least 4 members (excludes halogenated alkanes) is 6. The second kappa shape index (κ2) is 57.8. The molecular formula is C84H146N18O22. The minimum absolute atomic E-state index is 0.0444. The van der Waals surface area contributed by atoms with Crippen molar-refractivity contribution in [2.75, 3.05) is 6.61 Å². The molecule has 0 aliphatic carbocycles. The molecule has 0 saturated carbocycles. The predicted octanol–water partition coefficient (Wildman–Crippen LogP) is -0.0135. The summed E-state index contributed by atoms with van der Waals surface area (Å²) >= 11 is 0. The highest BCUT2D eigenvalue weighted by atomic mass is 16.5. The number of primary amides is 4. The van der Waals surface area contributed by atoms with Crippen LogP contribution in [0.5, 0.6) is 0 Å². The van der Waals surface area contributed by atoms with Crippen molar-refractivity contribution in [3.8, 4) is 0 Å². The average molecular weight is 1760 g/mol. The lowest BCUT2D eigenvalue weighted by molar-refractivity contribution is -0.152. The molecule has 18 amide bonds. The molecule has 0 aromatic heterocycles. The smallest absolute Gasteiger partial charge is 0.329 e. The van der Waals surface area contributed by atoms with Crippen molar-refractivity contribution >= 4 is 118 Å². The van der Waals surface area contributed by atoms with Gasteiger partial charge < -0.3 is 107 Å². The van der Waals surface area contributed by atoms with Gasteiger partial charge in [-0.15, -0.1) is 0 Å². The summed E-state index contributed by atoms with van der Waals surface area (Å²) < 4.78 is 5.80. The third-order valence-electron chi connectivity index (χ3n) is 20.5. The van der Waals surface area contributed by atoms with Gasteiger partial charge in [0, 0.05) is 38.5 Å². The van der Waals surface area contributed by atoms with Gasteiger partial charge in [0.1, 0.15) is 91.2 Å². The monoisotopic (exact) mass is 1760 g/mol. The quantitative estimate of drug-likeness (QED) is 0.0281. The van der Waals surface area contributed by atoms with Crippen molar-refractivity contribution < 1.29 is 106 Å². The number of hydrogen-bond donors (Lipinski definition) is 19. The zero-order chi connectivity index (χ0) is 94.5. The normalized spacial score (nSPS) is 20.4. The number of aliphatic carboxylic acids is 1. The summed E-state index contributed by atoms with van der Waals surface area (Å²) in [6.45, 7) is 27.4. The van der Waals surface area contributed by atoms with Crippen molar-refractivity contribution in [3.05, 3.63) is 0 Å². The van der Waals surface area contributed by atoms with E-state index in [1.807, 2.05) is 0 Å². The summed E-state index contributed by atoms with van der Waals surface area (Å²) in [6.07, 6.45) is 1.18. The van der Waals surface area contributed by atoms with Gasteiger partial charge in [-0.1, -0.05) is 163 Å². The molecule has 0 radical (unpaired) electrons. The van der Waals surface area contributed by atoms with Crippen LogP contribution < -0.4 is 97.4 Å². The van der Waals surface area contributed by atoms with Crippen LogP contribution in [0.2, 0.25) is 0 Å². The topological polar surface area (TPSA) is 643 Å². The molecule has 124 heavy (non-hydrogen) atoms. The maximum atomic E-state index is 15.1. The molecule has 0 aromatic rings. The van der Waals surface area contributed by atoms with E-state index in [1.165, 1.54) is 34.6 Å². The van der Waals surface area contributed by atoms with Crippen LogP contribution in [-0.2, 0) is 101 Å². The first-order chi connectivity index (χ1) is 57.9. The van der Waals surface area contributed by atoms with Crippen LogP contribution in [0.15, 0.2) is 0 Å². The van der Waals surface area contributed by atoms with Crippen LogP contribution in [0.4, 0.5) is 0 Å². The Kier molecular flexibility index (Phi) is 51.9. The van der Waals surface area contributed by atoms with Gasteiger partial charge in [0.25, 0.3) is 0 Å². The molecule has 0 aromatic carbocycles. The number of nitrogens with one attached hydrogen (secondary N) is 14. The lowest BCUT2D eigenvalue weighted by atomic mass is 9.97.